The average Bonchev–Trinajstić information content (AvgIpc) is 2.85. The number of methoxy groups -OCH3 is 1. The average molecular weight is 304 g/mol. The van der Waals surface area contributed by atoms with E-state index in [1.165, 1.54) is 7.11 Å². The summed E-state index contributed by atoms with van der Waals surface area (Å²) >= 11 is 1.03. The fourth-order valence-electron chi connectivity index (χ4n) is 1.40. The van der Waals surface area contributed by atoms with Crippen molar-refractivity contribution in [2.45, 2.75) is 6.92 Å². The third kappa shape index (κ3) is 3.99. The van der Waals surface area contributed by atoms with Gasteiger partial charge in [0.15, 0.2) is 5.17 Å². The molecule has 0 saturated carbocycles. The van der Waals surface area contributed by atoms with Crippen molar-refractivity contribution in [1.82, 2.24) is 10.3 Å². The number of aromatic nitrogens is 1. The lowest BCUT2D eigenvalue weighted by Crippen LogP contribution is -2.19. The van der Waals surface area contributed by atoms with Gasteiger partial charge in [-0.25, -0.2) is 4.79 Å². The third-order valence-corrected chi connectivity index (χ3v) is 3.37. The molecule has 0 radical (unpaired) electrons. The first-order chi connectivity index (χ1) is 10.1. The van der Waals surface area contributed by atoms with E-state index in [9.17, 15) is 9.59 Å². The summed E-state index contributed by atoms with van der Waals surface area (Å²) in [6.07, 6.45) is 4.45. The van der Waals surface area contributed by atoms with Gasteiger partial charge in [0.1, 0.15) is 0 Å². The Morgan fingerprint density at radius 2 is 2.33 bits per heavy atom. The minimum Gasteiger partial charge on any atom is -0.466 e. The molecule has 1 aliphatic rings. The number of hydrogen-bond acceptors (Lipinski definition) is 7. The highest BCUT2D eigenvalue weighted by molar-refractivity contribution is 8.18. The first-order valence-electron chi connectivity index (χ1n) is 5.91. The van der Waals surface area contributed by atoms with Crippen LogP contribution in [0.25, 0.3) is 0 Å². The number of nitrogens with zero attached hydrogens (tertiary/aromatic N) is 3. The number of amidine groups is 1. The summed E-state index contributed by atoms with van der Waals surface area (Å²) in [5, 5.41) is 10.8. The molecule has 2 rings (SSSR count). The van der Waals surface area contributed by atoms with E-state index in [-0.39, 0.29) is 4.91 Å². The summed E-state index contributed by atoms with van der Waals surface area (Å²) in [6, 6.07) is 3.65. The molecule has 8 heteroatoms. The van der Waals surface area contributed by atoms with Gasteiger partial charge in [0.05, 0.1) is 17.7 Å². The second-order valence-corrected chi connectivity index (χ2v) is 4.95. The zero-order valence-corrected chi connectivity index (χ0v) is 12.2. The molecule has 2 heterocycles. The van der Waals surface area contributed by atoms with Gasteiger partial charge in [-0.3, -0.25) is 15.1 Å². The van der Waals surface area contributed by atoms with Crippen LogP contribution in [0.1, 0.15) is 12.5 Å². The van der Waals surface area contributed by atoms with Crippen molar-refractivity contribution in [3.8, 4) is 0 Å². The van der Waals surface area contributed by atoms with Crippen LogP contribution in [-0.2, 0) is 14.3 Å². The Balaban J connectivity index is 2.12. The SMILES string of the molecule is COC(=O)/C=C1\S/C(=N\N=C(/C)c2cccnc2)NC1=O. The summed E-state index contributed by atoms with van der Waals surface area (Å²) in [5.41, 5.74) is 1.50. The maximum absolute atomic E-state index is 11.6. The molecule has 0 unspecified atom stereocenters. The fourth-order valence-corrected chi connectivity index (χ4v) is 2.13. The van der Waals surface area contributed by atoms with Gasteiger partial charge in [-0.05, 0) is 24.8 Å². The molecule has 1 N–H and O–H groups in total. The molecule has 0 atom stereocenters. The van der Waals surface area contributed by atoms with E-state index >= 15 is 0 Å². The lowest BCUT2D eigenvalue weighted by Gasteiger charge is -1.96. The first kappa shape index (κ1) is 14.9. The van der Waals surface area contributed by atoms with E-state index in [0.717, 1.165) is 23.4 Å². The van der Waals surface area contributed by atoms with Gasteiger partial charge >= 0.3 is 5.97 Å². The number of carbonyl (C=O) groups is 2. The van der Waals surface area contributed by atoms with Crippen molar-refractivity contribution < 1.29 is 14.3 Å². The molecule has 0 aliphatic carbocycles. The molecule has 1 aliphatic heterocycles. The highest BCUT2D eigenvalue weighted by atomic mass is 32.2. The second-order valence-electron chi connectivity index (χ2n) is 3.92. The van der Waals surface area contributed by atoms with E-state index in [0.29, 0.717) is 10.9 Å². The van der Waals surface area contributed by atoms with Gasteiger partial charge < -0.3 is 4.74 Å². The summed E-state index contributed by atoms with van der Waals surface area (Å²) in [5.74, 6) is -0.998. The molecule has 0 aromatic carbocycles. The van der Waals surface area contributed by atoms with Crippen LogP contribution in [0.15, 0.2) is 45.7 Å². The first-order valence-corrected chi connectivity index (χ1v) is 6.73. The number of nitrogens with one attached hydrogen (secondary N) is 1. The Morgan fingerprint density at radius 1 is 1.52 bits per heavy atom. The number of ether oxygens (including phenoxy) is 1. The van der Waals surface area contributed by atoms with Gasteiger partial charge in [-0.1, -0.05) is 6.07 Å². The van der Waals surface area contributed by atoms with E-state index in [4.69, 9.17) is 0 Å². The molecule has 0 bridgehead atoms. The summed E-state index contributed by atoms with van der Waals surface area (Å²) in [4.78, 5) is 26.9. The van der Waals surface area contributed by atoms with E-state index in [1.54, 1.807) is 25.4 Å². The van der Waals surface area contributed by atoms with Crippen LogP contribution < -0.4 is 5.32 Å². The Morgan fingerprint density at radius 3 is 3.00 bits per heavy atom. The maximum Gasteiger partial charge on any atom is 0.331 e. The maximum atomic E-state index is 11.6. The number of rotatable bonds is 3. The molecule has 1 aromatic heterocycles. The lowest BCUT2D eigenvalue weighted by atomic mass is 10.2. The highest BCUT2D eigenvalue weighted by Gasteiger charge is 2.25. The van der Waals surface area contributed by atoms with Crippen LogP contribution in [0, 0.1) is 0 Å². The van der Waals surface area contributed by atoms with Crippen LogP contribution in [0.2, 0.25) is 0 Å². The Labute approximate surface area is 125 Å². The zero-order chi connectivity index (χ0) is 15.2. The molecule has 1 amide bonds. The van der Waals surface area contributed by atoms with Crippen molar-refractivity contribution in [3.05, 3.63) is 41.1 Å². The number of thioether (sulfide) groups is 1. The Bertz CT molecular complexity index is 653. The molecule has 1 aromatic rings. The molecule has 0 spiro atoms. The molecule has 1 saturated heterocycles. The van der Waals surface area contributed by atoms with Crippen molar-refractivity contribution in [1.29, 1.82) is 0 Å². The van der Waals surface area contributed by atoms with Crippen LogP contribution >= 0.6 is 11.8 Å². The lowest BCUT2D eigenvalue weighted by molar-refractivity contribution is -0.135. The van der Waals surface area contributed by atoms with Crippen molar-refractivity contribution in [2.75, 3.05) is 7.11 Å². The van der Waals surface area contributed by atoms with Gasteiger partial charge in [-0.15, -0.1) is 5.10 Å². The minimum absolute atomic E-state index is 0.217. The minimum atomic E-state index is -0.594. The molecular weight excluding hydrogens is 292 g/mol. The molecular formula is C13H12N4O3S. The van der Waals surface area contributed by atoms with Gasteiger partial charge in [-0.2, -0.15) is 5.10 Å². The number of esters is 1. The van der Waals surface area contributed by atoms with E-state index in [1.807, 2.05) is 6.07 Å². The topological polar surface area (TPSA) is 93.0 Å². The quantitative estimate of drug-likeness (QED) is 0.390. The summed E-state index contributed by atoms with van der Waals surface area (Å²) < 4.78 is 4.47. The van der Waals surface area contributed by atoms with Crippen LogP contribution in [-0.4, -0.2) is 34.8 Å². The van der Waals surface area contributed by atoms with Crippen molar-refractivity contribution >= 4 is 34.5 Å². The Kier molecular flexibility index (Phi) is 4.83. The predicted molar refractivity (Wildman–Crippen MR) is 79.7 cm³/mol. The van der Waals surface area contributed by atoms with Gasteiger partial charge in [0, 0.05) is 24.0 Å². The normalized spacial score (nSPS) is 19.0. The van der Waals surface area contributed by atoms with Crippen molar-refractivity contribution in [3.63, 3.8) is 0 Å². The number of hydrogen-bond donors (Lipinski definition) is 1. The predicted octanol–water partition coefficient (Wildman–Crippen LogP) is 1.08. The van der Waals surface area contributed by atoms with Gasteiger partial charge in [0.25, 0.3) is 5.91 Å². The molecule has 1 fully saturated rings. The van der Waals surface area contributed by atoms with E-state index < -0.39 is 11.9 Å². The summed E-state index contributed by atoms with van der Waals surface area (Å²) in [7, 11) is 1.24. The highest BCUT2D eigenvalue weighted by Crippen LogP contribution is 2.23. The van der Waals surface area contributed by atoms with Gasteiger partial charge in [0.2, 0.25) is 0 Å². The van der Waals surface area contributed by atoms with Crippen LogP contribution in [0.4, 0.5) is 0 Å². The zero-order valence-electron chi connectivity index (χ0n) is 11.4. The molecule has 108 valence electrons. The van der Waals surface area contributed by atoms with Crippen LogP contribution in [0.3, 0.4) is 0 Å². The third-order valence-electron chi connectivity index (χ3n) is 2.47. The smallest absolute Gasteiger partial charge is 0.331 e. The molecule has 21 heavy (non-hydrogen) atoms. The van der Waals surface area contributed by atoms with E-state index in [2.05, 4.69) is 25.2 Å². The van der Waals surface area contributed by atoms with Crippen molar-refractivity contribution in [2.24, 2.45) is 10.2 Å². The fraction of sp³-hybridized carbons (Fsp3) is 0.154. The summed E-state index contributed by atoms with van der Waals surface area (Å²) in [6.45, 7) is 1.79. The Hall–Kier alpha value is -2.48. The number of carbonyl (C=O) groups excluding carboxylic acids is 2. The number of amides is 1. The second kappa shape index (κ2) is 6.80. The monoisotopic (exact) mass is 304 g/mol. The van der Waals surface area contributed by atoms with Crippen LogP contribution in [0.5, 0.6) is 0 Å². The molecule has 7 nitrogen and oxygen atoms in total. The standard InChI is InChI=1S/C13H12N4O3S/c1-8(9-4-3-5-14-7-9)16-17-13-15-12(19)10(21-13)6-11(18)20-2/h3-7H,1-2H3,(H,15,17,19)/b10-6-,16-8+. The largest absolute Gasteiger partial charge is 0.466 e. The number of pyridine rings is 1.